The second-order valence-corrected chi connectivity index (χ2v) is 7.81. The van der Waals surface area contributed by atoms with E-state index in [4.69, 9.17) is 9.47 Å². The van der Waals surface area contributed by atoms with Crippen LogP contribution in [0.3, 0.4) is 0 Å². The highest BCUT2D eigenvalue weighted by molar-refractivity contribution is 5.98. The largest absolute Gasteiger partial charge is 0.497 e. The molecule has 0 saturated heterocycles. The first kappa shape index (κ1) is 23.9. The Labute approximate surface area is 183 Å². The molecule has 0 radical (unpaired) electrons. The molecule has 0 aliphatic heterocycles. The van der Waals surface area contributed by atoms with Crippen LogP contribution in [0.4, 0.5) is 5.69 Å². The molecule has 0 spiro atoms. The van der Waals surface area contributed by atoms with Gasteiger partial charge in [0.05, 0.1) is 7.11 Å². The van der Waals surface area contributed by atoms with Crippen LogP contribution >= 0.6 is 0 Å². The van der Waals surface area contributed by atoms with Crippen LogP contribution in [0.15, 0.2) is 42.5 Å². The second kappa shape index (κ2) is 10.6. The Morgan fingerprint density at radius 2 is 1.58 bits per heavy atom. The van der Waals surface area contributed by atoms with E-state index in [2.05, 4.69) is 10.6 Å². The van der Waals surface area contributed by atoms with Gasteiger partial charge in [0.25, 0.3) is 11.8 Å². The molecule has 2 aromatic rings. The van der Waals surface area contributed by atoms with Gasteiger partial charge in [-0.05, 0) is 62.6 Å². The van der Waals surface area contributed by atoms with E-state index >= 15 is 0 Å². The van der Waals surface area contributed by atoms with Gasteiger partial charge >= 0.3 is 5.97 Å². The molecule has 0 aliphatic carbocycles. The molecule has 0 heterocycles. The summed E-state index contributed by atoms with van der Waals surface area (Å²) < 4.78 is 10.4. The summed E-state index contributed by atoms with van der Waals surface area (Å²) in [4.78, 5) is 37.7. The van der Waals surface area contributed by atoms with Gasteiger partial charge < -0.3 is 20.1 Å². The van der Waals surface area contributed by atoms with Gasteiger partial charge in [-0.25, -0.2) is 4.79 Å². The zero-order valence-corrected chi connectivity index (χ0v) is 18.8. The smallest absolute Gasteiger partial charge is 0.329 e. The van der Waals surface area contributed by atoms with E-state index in [1.54, 1.807) is 38.1 Å². The summed E-state index contributed by atoms with van der Waals surface area (Å²) >= 11 is 0. The van der Waals surface area contributed by atoms with Crippen molar-refractivity contribution in [1.29, 1.82) is 0 Å². The van der Waals surface area contributed by atoms with E-state index in [1.807, 2.05) is 32.0 Å². The zero-order valence-electron chi connectivity index (χ0n) is 18.8. The lowest BCUT2D eigenvalue weighted by Crippen LogP contribution is -2.47. The Kier molecular flexibility index (Phi) is 8.19. The summed E-state index contributed by atoms with van der Waals surface area (Å²) in [7, 11) is 1.54. The first-order chi connectivity index (χ1) is 14.6. The molecule has 166 valence electrons. The molecule has 0 aromatic heterocycles. The highest BCUT2D eigenvalue weighted by Gasteiger charge is 2.29. The maximum atomic E-state index is 12.7. The number of ether oxygens (including phenoxy) is 2. The first-order valence-corrected chi connectivity index (χ1v) is 10.2. The molecule has 0 unspecified atom stereocenters. The van der Waals surface area contributed by atoms with Gasteiger partial charge in [0.15, 0.2) is 6.10 Å². The summed E-state index contributed by atoms with van der Waals surface area (Å²) in [6.07, 6.45) is -1.02. The van der Waals surface area contributed by atoms with Gasteiger partial charge in [-0.2, -0.15) is 0 Å². The number of benzene rings is 2. The maximum absolute atomic E-state index is 12.7. The fraction of sp³-hybridized carbons (Fsp3) is 0.375. The van der Waals surface area contributed by atoms with Gasteiger partial charge in [0, 0.05) is 11.3 Å². The lowest BCUT2D eigenvalue weighted by atomic mass is 10.0. The Hall–Kier alpha value is -3.35. The van der Waals surface area contributed by atoms with Crippen molar-refractivity contribution in [2.45, 2.75) is 46.8 Å². The normalized spacial score (nSPS) is 12.6. The molecule has 0 fully saturated rings. The summed E-state index contributed by atoms with van der Waals surface area (Å²) in [5.41, 5.74) is 3.05. The number of rotatable bonds is 8. The lowest BCUT2D eigenvalue weighted by Gasteiger charge is -2.23. The third kappa shape index (κ3) is 6.57. The van der Waals surface area contributed by atoms with Crippen molar-refractivity contribution in [3.05, 3.63) is 59.2 Å². The summed E-state index contributed by atoms with van der Waals surface area (Å²) in [6.45, 7) is 8.94. The summed E-state index contributed by atoms with van der Waals surface area (Å²) in [6, 6.07) is 11.3. The van der Waals surface area contributed by atoms with Gasteiger partial charge in [0.1, 0.15) is 11.8 Å². The molecule has 2 aromatic carbocycles. The van der Waals surface area contributed by atoms with Crippen LogP contribution in [0.1, 0.15) is 42.3 Å². The molecule has 7 heteroatoms. The van der Waals surface area contributed by atoms with Crippen LogP contribution in [0.25, 0.3) is 0 Å². The van der Waals surface area contributed by atoms with Crippen molar-refractivity contribution >= 4 is 23.5 Å². The molecule has 2 N–H and O–H groups in total. The van der Waals surface area contributed by atoms with Crippen LogP contribution in [-0.2, 0) is 14.3 Å². The Morgan fingerprint density at radius 3 is 2.13 bits per heavy atom. The molecular weight excluding hydrogens is 396 g/mol. The number of methoxy groups -OCH3 is 1. The number of hydrogen-bond acceptors (Lipinski definition) is 5. The average Bonchev–Trinajstić information content (AvgIpc) is 2.73. The van der Waals surface area contributed by atoms with Crippen LogP contribution in [0.5, 0.6) is 5.75 Å². The third-order valence-electron chi connectivity index (χ3n) is 4.86. The number of hydrogen-bond donors (Lipinski definition) is 2. The number of anilines is 1. The van der Waals surface area contributed by atoms with Crippen LogP contribution < -0.4 is 15.4 Å². The molecule has 0 saturated carbocycles. The maximum Gasteiger partial charge on any atom is 0.329 e. The van der Waals surface area contributed by atoms with Crippen LogP contribution in [-0.4, -0.2) is 37.0 Å². The number of aryl methyl sites for hydroxylation is 2. The summed E-state index contributed by atoms with van der Waals surface area (Å²) in [5.74, 6) is -1.13. The standard InChI is InChI=1S/C24H30N2O5/c1-14(2)21(26-23(28)18-8-10-19(30-6)11-9-18)24(29)31-17(5)22(27)25-20-12-7-15(3)13-16(20)4/h7-14,17,21H,1-6H3,(H,25,27)(H,26,28)/t17-,21-/m0/s1. The van der Waals surface area contributed by atoms with Crippen molar-refractivity contribution in [2.75, 3.05) is 12.4 Å². The van der Waals surface area contributed by atoms with Crippen molar-refractivity contribution < 1.29 is 23.9 Å². The highest BCUT2D eigenvalue weighted by atomic mass is 16.5. The highest BCUT2D eigenvalue weighted by Crippen LogP contribution is 2.17. The average molecular weight is 427 g/mol. The van der Waals surface area contributed by atoms with Gasteiger partial charge in [0.2, 0.25) is 0 Å². The second-order valence-electron chi connectivity index (χ2n) is 7.81. The lowest BCUT2D eigenvalue weighted by molar-refractivity contribution is -0.156. The quantitative estimate of drug-likeness (QED) is 0.629. The minimum atomic E-state index is -1.02. The van der Waals surface area contributed by atoms with E-state index in [1.165, 1.54) is 14.0 Å². The number of amides is 2. The topological polar surface area (TPSA) is 93.7 Å². The number of nitrogens with one attached hydrogen (secondary N) is 2. The Balaban J connectivity index is 2.01. The molecule has 2 rings (SSSR count). The SMILES string of the molecule is COc1ccc(C(=O)N[C@H](C(=O)O[C@@H](C)C(=O)Nc2ccc(C)cc2C)C(C)C)cc1. The van der Waals surface area contributed by atoms with Crippen molar-refractivity contribution in [2.24, 2.45) is 5.92 Å². The minimum absolute atomic E-state index is 0.232. The van der Waals surface area contributed by atoms with Crippen LogP contribution in [0, 0.1) is 19.8 Å². The van der Waals surface area contributed by atoms with Gasteiger partial charge in [-0.1, -0.05) is 31.5 Å². The van der Waals surface area contributed by atoms with Gasteiger partial charge in [-0.3, -0.25) is 9.59 Å². The summed E-state index contributed by atoms with van der Waals surface area (Å²) in [5, 5.41) is 5.47. The monoisotopic (exact) mass is 426 g/mol. The van der Waals surface area contributed by atoms with E-state index < -0.39 is 29.9 Å². The third-order valence-corrected chi connectivity index (χ3v) is 4.86. The van der Waals surface area contributed by atoms with Crippen molar-refractivity contribution in [3.63, 3.8) is 0 Å². The van der Waals surface area contributed by atoms with E-state index in [9.17, 15) is 14.4 Å². The molecule has 2 amide bonds. The number of carbonyl (C=O) groups is 3. The minimum Gasteiger partial charge on any atom is -0.497 e. The molecule has 0 bridgehead atoms. The fourth-order valence-corrected chi connectivity index (χ4v) is 2.95. The van der Waals surface area contributed by atoms with E-state index in [-0.39, 0.29) is 5.92 Å². The predicted molar refractivity (Wildman–Crippen MR) is 119 cm³/mol. The predicted octanol–water partition coefficient (Wildman–Crippen LogP) is 3.64. The Bertz CT molecular complexity index is 937. The number of esters is 1. The fourth-order valence-electron chi connectivity index (χ4n) is 2.95. The molecule has 0 aliphatic rings. The first-order valence-electron chi connectivity index (χ1n) is 10.2. The molecule has 31 heavy (non-hydrogen) atoms. The van der Waals surface area contributed by atoms with Crippen LogP contribution in [0.2, 0.25) is 0 Å². The zero-order chi connectivity index (χ0) is 23.1. The molecule has 7 nitrogen and oxygen atoms in total. The van der Waals surface area contributed by atoms with Crippen molar-refractivity contribution in [1.82, 2.24) is 5.32 Å². The van der Waals surface area contributed by atoms with E-state index in [0.717, 1.165) is 11.1 Å². The van der Waals surface area contributed by atoms with E-state index in [0.29, 0.717) is 17.0 Å². The molecular formula is C24H30N2O5. The molecule has 2 atom stereocenters. The Morgan fingerprint density at radius 1 is 0.935 bits per heavy atom. The number of carbonyl (C=O) groups excluding carboxylic acids is 3. The van der Waals surface area contributed by atoms with Crippen molar-refractivity contribution in [3.8, 4) is 5.75 Å². The van der Waals surface area contributed by atoms with Gasteiger partial charge in [-0.15, -0.1) is 0 Å².